The van der Waals surface area contributed by atoms with E-state index in [0.29, 0.717) is 5.56 Å². The third kappa shape index (κ3) is 9.40. The van der Waals surface area contributed by atoms with Crippen molar-refractivity contribution in [2.24, 2.45) is 0 Å². The molecule has 1 aliphatic rings. The molecule has 2 N–H and O–H groups in total. The van der Waals surface area contributed by atoms with Gasteiger partial charge in [-0.1, -0.05) is 72.4 Å². The predicted molar refractivity (Wildman–Crippen MR) is 174 cm³/mol. The minimum atomic E-state index is -1.34. The van der Waals surface area contributed by atoms with Crippen LogP contribution >= 0.6 is 11.8 Å². The van der Waals surface area contributed by atoms with E-state index < -0.39 is 47.0 Å². The Morgan fingerprint density at radius 2 is 1.50 bits per heavy atom. The number of hydrogen-bond donors (Lipinski definition) is 2. The van der Waals surface area contributed by atoms with Crippen molar-refractivity contribution in [3.05, 3.63) is 99.6 Å². The highest BCUT2D eigenvalue weighted by atomic mass is 32.2. The molecule has 2 atom stereocenters. The zero-order valence-electron chi connectivity index (χ0n) is 26.1. The van der Waals surface area contributed by atoms with E-state index in [9.17, 15) is 29.3 Å². The molecule has 0 spiro atoms. The fraction of sp³-hybridized carbons (Fsp3) is 0.353. The Bertz CT molecular complexity index is 1560. The number of hydrogen-bond acceptors (Lipinski definition) is 9. The number of ether oxygens (including phenoxy) is 2. The number of rotatable bonds is 12. The molecule has 0 heterocycles. The minimum Gasteiger partial charge on any atom is -0.460 e. The van der Waals surface area contributed by atoms with E-state index in [-0.39, 0.29) is 35.5 Å². The first-order valence-electron chi connectivity index (χ1n) is 14.8. The van der Waals surface area contributed by atoms with Gasteiger partial charge < -0.3 is 20.1 Å². The molecule has 0 unspecified atom stereocenters. The molecule has 0 bridgehead atoms. The summed E-state index contributed by atoms with van der Waals surface area (Å²) in [7, 11) is 0. The van der Waals surface area contributed by atoms with Crippen molar-refractivity contribution in [3.8, 4) is 11.1 Å². The fourth-order valence-corrected chi connectivity index (χ4v) is 5.89. The van der Waals surface area contributed by atoms with E-state index >= 15 is 0 Å². The summed E-state index contributed by atoms with van der Waals surface area (Å²) in [5.41, 5.74) is 3.97. The number of non-ortho nitro benzene ring substituents is 1. The van der Waals surface area contributed by atoms with Gasteiger partial charge in [-0.05, 0) is 55.0 Å². The molecule has 3 aromatic rings. The van der Waals surface area contributed by atoms with E-state index in [1.807, 2.05) is 48.5 Å². The lowest BCUT2D eigenvalue weighted by atomic mass is 9.98. The maximum Gasteiger partial charge on any atom is 0.407 e. The number of nitro groups is 1. The smallest absolute Gasteiger partial charge is 0.407 e. The monoisotopic (exact) mass is 647 g/mol. The van der Waals surface area contributed by atoms with Crippen molar-refractivity contribution < 1.29 is 33.6 Å². The zero-order valence-corrected chi connectivity index (χ0v) is 26.9. The molecular weight excluding hydrogens is 610 g/mol. The SMILES string of the molecule is CC(=O)SC[C@@H](Cc1ccc([N+](=O)[O-])cc1)NC(=O)[C@H](CC(=O)OC(C)(C)C)NC(=O)OCC1c2ccccc2-c2ccccc21. The number of nitrogens with one attached hydrogen (secondary N) is 2. The fourth-order valence-electron chi connectivity index (χ4n) is 5.25. The zero-order chi connectivity index (χ0) is 33.4. The van der Waals surface area contributed by atoms with E-state index in [4.69, 9.17) is 9.47 Å². The molecule has 3 aromatic carbocycles. The third-order valence-electron chi connectivity index (χ3n) is 7.21. The van der Waals surface area contributed by atoms with Gasteiger partial charge >= 0.3 is 12.1 Å². The van der Waals surface area contributed by atoms with Gasteiger partial charge in [0.25, 0.3) is 5.69 Å². The van der Waals surface area contributed by atoms with Crippen LogP contribution < -0.4 is 10.6 Å². The topological polar surface area (TPSA) is 154 Å². The predicted octanol–water partition coefficient (Wildman–Crippen LogP) is 5.54. The van der Waals surface area contributed by atoms with Crippen LogP contribution in [-0.2, 0) is 30.3 Å². The molecule has 46 heavy (non-hydrogen) atoms. The molecule has 12 heteroatoms. The summed E-state index contributed by atoms with van der Waals surface area (Å²) in [5.74, 6) is -1.37. The Hall–Kier alpha value is -4.71. The van der Waals surface area contributed by atoms with E-state index in [1.165, 1.54) is 19.1 Å². The standard InChI is InChI=1S/C34H37N3O8S/c1-21(38)46-20-23(17-22-13-15-24(16-14-22)37(42)43)35-32(40)30(18-31(39)45-34(2,3)4)36-33(41)44-19-29-27-11-7-5-9-25(27)26-10-6-8-12-28(26)29/h5-16,23,29-30H,17-20H2,1-4H3,(H,35,40)(H,36,41)/t23-,30+/m1/s1. The van der Waals surface area contributed by atoms with Crippen LogP contribution in [0.15, 0.2) is 72.8 Å². The van der Waals surface area contributed by atoms with Gasteiger partial charge in [-0.2, -0.15) is 0 Å². The van der Waals surface area contributed by atoms with Crippen molar-refractivity contribution >= 4 is 40.5 Å². The number of benzene rings is 3. The summed E-state index contributed by atoms with van der Waals surface area (Å²) in [4.78, 5) is 61.8. The number of thioether (sulfide) groups is 1. The number of esters is 1. The number of nitro benzene ring substituents is 1. The van der Waals surface area contributed by atoms with Crippen LogP contribution in [0.4, 0.5) is 10.5 Å². The van der Waals surface area contributed by atoms with Gasteiger partial charge in [-0.3, -0.25) is 24.5 Å². The maximum absolute atomic E-state index is 13.6. The molecule has 0 aliphatic heterocycles. The Balaban J connectivity index is 1.48. The molecule has 0 fully saturated rings. The lowest BCUT2D eigenvalue weighted by Crippen LogP contribution is -2.52. The van der Waals surface area contributed by atoms with Gasteiger partial charge in [0.15, 0.2) is 5.12 Å². The first-order chi connectivity index (χ1) is 21.8. The summed E-state index contributed by atoms with van der Waals surface area (Å²) < 4.78 is 11.0. The maximum atomic E-state index is 13.6. The van der Waals surface area contributed by atoms with Crippen molar-refractivity contribution in [3.63, 3.8) is 0 Å². The molecule has 0 aromatic heterocycles. The van der Waals surface area contributed by atoms with E-state index in [2.05, 4.69) is 10.6 Å². The molecule has 2 amide bonds. The highest BCUT2D eigenvalue weighted by molar-refractivity contribution is 8.13. The molecule has 242 valence electrons. The highest BCUT2D eigenvalue weighted by Gasteiger charge is 2.32. The molecule has 4 rings (SSSR count). The molecule has 1 aliphatic carbocycles. The Kier molecular flexibility index (Phi) is 11.2. The summed E-state index contributed by atoms with van der Waals surface area (Å²) in [6.07, 6.45) is -1.10. The van der Waals surface area contributed by atoms with Crippen LogP contribution in [0.3, 0.4) is 0 Å². The third-order valence-corrected chi connectivity index (χ3v) is 8.18. The summed E-state index contributed by atoms with van der Waals surface area (Å²) in [5, 5.41) is 16.3. The highest BCUT2D eigenvalue weighted by Crippen LogP contribution is 2.44. The van der Waals surface area contributed by atoms with Crippen molar-refractivity contribution in [2.45, 2.75) is 64.1 Å². The van der Waals surface area contributed by atoms with E-state index in [0.717, 1.165) is 34.0 Å². The second-order valence-electron chi connectivity index (χ2n) is 11.9. The number of carbonyl (C=O) groups is 4. The number of alkyl carbamates (subject to hydrolysis) is 1. The van der Waals surface area contributed by atoms with Gasteiger partial charge in [0.05, 0.1) is 11.3 Å². The average molecular weight is 648 g/mol. The van der Waals surface area contributed by atoms with E-state index in [1.54, 1.807) is 32.9 Å². The number of carbonyl (C=O) groups excluding carboxylic acids is 4. The number of fused-ring (bicyclic) bond motifs is 3. The van der Waals surface area contributed by atoms with Crippen LogP contribution in [0.2, 0.25) is 0 Å². The summed E-state index contributed by atoms with van der Waals surface area (Å²) >= 11 is 1.00. The lowest BCUT2D eigenvalue weighted by Gasteiger charge is -2.25. The van der Waals surface area contributed by atoms with Crippen LogP contribution in [-0.4, -0.2) is 58.1 Å². The Morgan fingerprint density at radius 3 is 2.04 bits per heavy atom. The first kappa shape index (κ1) is 34.2. The first-order valence-corrected chi connectivity index (χ1v) is 15.8. The second-order valence-corrected chi connectivity index (χ2v) is 13.1. The molecule has 11 nitrogen and oxygen atoms in total. The van der Waals surface area contributed by atoms with Gasteiger partial charge in [-0.15, -0.1) is 0 Å². The normalized spacial score (nSPS) is 13.5. The lowest BCUT2D eigenvalue weighted by molar-refractivity contribution is -0.384. The summed E-state index contributed by atoms with van der Waals surface area (Å²) in [6, 6.07) is 19.7. The Morgan fingerprint density at radius 1 is 0.913 bits per heavy atom. The number of nitrogens with zero attached hydrogens (tertiary/aromatic N) is 1. The van der Waals surface area contributed by atoms with Gasteiger partial charge in [0.1, 0.15) is 18.2 Å². The van der Waals surface area contributed by atoms with Gasteiger partial charge in [-0.25, -0.2) is 4.79 Å². The quantitative estimate of drug-likeness (QED) is 0.146. The van der Waals surface area contributed by atoms with Crippen LogP contribution in [0.25, 0.3) is 11.1 Å². The summed E-state index contributed by atoms with van der Waals surface area (Å²) in [6.45, 7) is 6.49. The van der Waals surface area contributed by atoms with Crippen LogP contribution in [0.5, 0.6) is 0 Å². The minimum absolute atomic E-state index is 0.0126. The molecule has 0 radical (unpaired) electrons. The van der Waals surface area contributed by atoms with Crippen LogP contribution in [0, 0.1) is 10.1 Å². The van der Waals surface area contributed by atoms with Crippen molar-refractivity contribution in [2.75, 3.05) is 12.4 Å². The van der Waals surface area contributed by atoms with Gasteiger partial charge in [0.2, 0.25) is 5.91 Å². The molecule has 0 saturated carbocycles. The second kappa shape index (κ2) is 15.0. The number of amides is 2. The Labute approximate surface area is 271 Å². The average Bonchev–Trinajstić information content (AvgIpc) is 3.31. The molecule has 0 saturated heterocycles. The van der Waals surface area contributed by atoms with Crippen molar-refractivity contribution in [1.29, 1.82) is 0 Å². The van der Waals surface area contributed by atoms with Crippen molar-refractivity contribution in [1.82, 2.24) is 10.6 Å². The van der Waals surface area contributed by atoms with Gasteiger partial charge in [0, 0.05) is 36.8 Å². The largest absolute Gasteiger partial charge is 0.460 e. The molecular formula is C34H37N3O8S. The van der Waals surface area contributed by atoms with Crippen LogP contribution in [0.1, 0.15) is 56.7 Å².